The number of hydrogen-bond donors (Lipinski definition) is 1. The molecule has 1 aliphatic heterocycles. The third kappa shape index (κ3) is 3.62. The van der Waals surface area contributed by atoms with E-state index < -0.39 is 0 Å². The van der Waals surface area contributed by atoms with Crippen molar-refractivity contribution in [3.05, 3.63) is 35.9 Å². The summed E-state index contributed by atoms with van der Waals surface area (Å²) >= 11 is 0. The Hall–Kier alpha value is -0.860. The summed E-state index contributed by atoms with van der Waals surface area (Å²) in [6, 6.07) is 11.9. The van der Waals surface area contributed by atoms with Crippen LogP contribution in [0, 0.1) is 11.8 Å². The van der Waals surface area contributed by atoms with Gasteiger partial charge in [-0.15, -0.1) is 0 Å². The lowest BCUT2D eigenvalue weighted by Crippen LogP contribution is -2.42. The normalized spacial score (nSPS) is 26.6. The van der Waals surface area contributed by atoms with Gasteiger partial charge in [0.05, 0.1) is 0 Å². The number of nitrogens with zero attached hydrogens (tertiary/aromatic N) is 1. The molecule has 4 atom stereocenters. The molecule has 1 aromatic rings. The van der Waals surface area contributed by atoms with Crippen LogP contribution in [0.5, 0.6) is 0 Å². The highest BCUT2D eigenvalue weighted by Crippen LogP contribution is 2.29. The molecule has 0 radical (unpaired) electrons. The van der Waals surface area contributed by atoms with E-state index >= 15 is 0 Å². The zero-order valence-electron chi connectivity index (χ0n) is 13.5. The van der Waals surface area contributed by atoms with Crippen molar-refractivity contribution in [3.8, 4) is 0 Å². The fourth-order valence-electron chi connectivity index (χ4n) is 3.24. The zero-order valence-corrected chi connectivity index (χ0v) is 13.5. The first kappa shape index (κ1) is 15.5. The molecule has 0 aliphatic carbocycles. The van der Waals surface area contributed by atoms with Crippen LogP contribution >= 0.6 is 0 Å². The van der Waals surface area contributed by atoms with Gasteiger partial charge in [-0.3, -0.25) is 4.90 Å². The van der Waals surface area contributed by atoms with Crippen LogP contribution in [0.15, 0.2) is 30.3 Å². The van der Waals surface area contributed by atoms with Gasteiger partial charge in [0.2, 0.25) is 0 Å². The number of rotatable bonds is 6. The predicted molar refractivity (Wildman–Crippen MR) is 86.8 cm³/mol. The van der Waals surface area contributed by atoms with Crippen LogP contribution in [0.2, 0.25) is 0 Å². The van der Waals surface area contributed by atoms with Crippen molar-refractivity contribution in [2.45, 2.75) is 46.2 Å². The van der Waals surface area contributed by atoms with Crippen molar-refractivity contribution in [3.63, 3.8) is 0 Å². The molecule has 0 saturated carbocycles. The Bertz CT molecular complexity index is 380. The molecule has 2 heteroatoms. The van der Waals surface area contributed by atoms with Gasteiger partial charge in [0.25, 0.3) is 0 Å². The molecule has 1 fully saturated rings. The van der Waals surface area contributed by atoms with Crippen LogP contribution in [-0.2, 0) is 0 Å². The van der Waals surface area contributed by atoms with Crippen LogP contribution in [-0.4, -0.2) is 30.6 Å². The second-order valence-electron chi connectivity index (χ2n) is 6.49. The molecular formula is C18H30N2. The van der Waals surface area contributed by atoms with E-state index in [-0.39, 0.29) is 0 Å². The Morgan fingerprint density at radius 2 is 1.75 bits per heavy atom. The fraction of sp³-hybridized carbons (Fsp3) is 0.667. The molecule has 2 nitrogen and oxygen atoms in total. The molecule has 1 heterocycles. The summed E-state index contributed by atoms with van der Waals surface area (Å²) < 4.78 is 0. The third-order valence-corrected chi connectivity index (χ3v) is 4.85. The number of likely N-dealkylation sites (tertiary alicyclic amines) is 1. The van der Waals surface area contributed by atoms with E-state index in [9.17, 15) is 0 Å². The average Bonchev–Trinajstić information content (AvgIpc) is 2.80. The lowest BCUT2D eigenvalue weighted by Gasteiger charge is -2.33. The second-order valence-corrected chi connectivity index (χ2v) is 6.49. The number of nitrogens with one attached hydrogen (secondary N) is 1. The van der Waals surface area contributed by atoms with Gasteiger partial charge in [-0.25, -0.2) is 0 Å². The van der Waals surface area contributed by atoms with Gasteiger partial charge in [-0.2, -0.15) is 0 Å². The van der Waals surface area contributed by atoms with Crippen LogP contribution in [0.1, 0.15) is 45.7 Å². The monoisotopic (exact) mass is 274 g/mol. The maximum atomic E-state index is 3.75. The van der Waals surface area contributed by atoms with Crippen molar-refractivity contribution >= 4 is 0 Å². The lowest BCUT2D eigenvalue weighted by atomic mass is 9.99. The molecular weight excluding hydrogens is 244 g/mol. The summed E-state index contributed by atoms with van der Waals surface area (Å²) in [7, 11) is 0. The van der Waals surface area contributed by atoms with E-state index in [1.807, 2.05) is 0 Å². The van der Waals surface area contributed by atoms with Gasteiger partial charge < -0.3 is 5.32 Å². The van der Waals surface area contributed by atoms with Gasteiger partial charge in [0, 0.05) is 25.2 Å². The van der Waals surface area contributed by atoms with E-state index in [1.54, 1.807) is 0 Å². The minimum atomic E-state index is 0.439. The van der Waals surface area contributed by atoms with Gasteiger partial charge in [-0.05, 0) is 37.3 Å². The lowest BCUT2D eigenvalue weighted by molar-refractivity contribution is 0.198. The highest BCUT2D eigenvalue weighted by molar-refractivity contribution is 5.20. The third-order valence-electron chi connectivity index (χ3n) is 4.85. The molecule has 0 aromatic heterocycles. The Morgan fingerprint density at radius 1 is 1.15 bits per heavy atom. The second kappa shape index (κ2) is 7.24. The van der Waals surface area contributed by atoms with Crippen LogP contribution in [0.3, 0.4) is 0 Å². The highest BCUT2D eigenvalue weighted by atomic mass is 15.2. The van der Waals surface area contributed by atoms with Crippen molar-refractivity contribution in [2.75, 3.05) is 19.6 Å². The van der Waals surface area contributed by atoms with Gasteiger partial charge in [0.1, 0.15) is 0 Å². The number of benzene rings is 1. The molecule has 112 valence electrons. The van der Waals surface area contributed by atoms with Crippen LogP contribution in [0.25, 0.3) is 0 Å². The van der Waals surface area contributed by atoms with E-state index in [0.29, 0.717) is 12.1 Å². The Morgan fingerprint density at radius 3 is 2.30 bits per heavy atom. The fourth-order valence-corrected chi connectivity index (χ4v) is 3.24. The minimum Gasteiger partial charge on any atom is -0.309 e. The molecule has 2 rings (SSSR count). The summed E-state index contributed by atoms with van der Waals surface area (Å²) in [4.78, 5) is 2.66. The molecule has 0 amide bonds. The smallest absolute Gasteiger partial charge is 0.0475 e. The van der Waals surface area contributed by atoms with Crippen molar-refractivity contribution in [1.82, 2.24) is 10.2 Å². The van der Waals surface area contributed by atoms with Gasteiger partial charge in [-0.1, -0.05) is 51.1 Å². The van der Waals surface area contributed by atoms with Crippen molar-refractivity contribution in [2.24, 2.45) is 11.8 Å². The van der Waals surface area contributed by atoms with Crippen molar-refractivity contribution in [1.29, 1.82) is 0 Å². The summed E-state index contributed by atoms with van der Waals surface area (Å²) in [5.74, 6) is 1.64. The van der Waals surface area contributed by atoms with E-state index in [1.165, 1.54) is 25.1 Å². The minimum absolute atomic E-state index is 0.439. The number of hydrogen-bond acceptors (Lipinski definition) is 2. The molecule has 1 aliphatic rings. The molecule has 1 saturated heterocycles. The molecule has 1 N–H and O–H groups in total. The Labute approximate surface area is 124 Å². The SMILES string of the molecule is CCCNC(c1ccccc1)C(C)N1CC(C)C(C)C1. The topological polar surface area (TPSA) is 15.3 Å². The molecule has 4 unspecified atom stereocenters. The van der Waals surface area contributed by atoms with Crippen LogP contribution in [0.4, 0.5) is 0 Å². The summed E-state index contributed by atoms with van der Waals surface area (Å²) in [5, 5.41) is 3.75. The molecule has 0 bridgehead atoms. The summed E-state index contributed by atoms with van der Waals surface area (Å²) in [6.07, 6.45) is 1.18. The van der Waals surface area contributed by atoms with Gasteiger partial charge in [0.15, 0.2) is 0 Å². The summed E-state index contributed by atoms with van der Waals surface area (Å²) in [5.41, 5.74) is 1.42. The van der Waals surface area contributed by atoms with Crippen molar-refractivity contribution < 1.29 is 0 Å². The molecule has 20 heavy (non-hydrogen) atoms. The molecule has 0 spiro atoms. The van der Waals surface area contributed by atoms with E-state index in [2.05, 4.69) is 68.2 Å². The largest absolute Gasteiger partial charge is 0.309 e. The Balaban J connectivity index is 2.10. The van der Waals surface area contributed by atoms with Gasteiger partial charge >= 0.3 is 0 Å². The van der Waals surface area contributed by atoms with Crippen LogP contribution < -0.4 is 5.32 Å². The first-order valence-corrected chi connectivity index (χ1v) is 8.15. The highest BCUT2D eigenvalue weighted by Gasteiger charge is 2.32. The first-order valence-electron chi connectivity index (χ1n) is 8.15. The maximum absolute atomic E-state index is 3.75. The Kier molecular flexibility index (Phi) is 5.62. The zero-order chi connectivity index (χ0) is 14.5. The predicted octanol–water partition coefficient (Wildman–Crippen LogP) is 3.70. The van der Waals surface area contributed by atoms with E-state index in [4.69, 9.17) is 0 Å². The first-order chi connectivity index (χ1) is 9.63. The summed E-state index contributed by atoms with van der Waals surface area (Å²) in [6.45, 7) is 12.9. The molecule has 1 aromatic carbocycles. The maximum Gasteiger partial charge on any atom is 0.0475 e. The standard InChI is InChI=1S/C18H30N2/c1-5-11-19-18(17-9-7-6-8-10-17)16(4)20-12-14(2)15(3)13-20/h6-10,14-16,18-19H,5,11-13H2,1-4H3. The van der Waals surface area contributed by atoms with E-state index in [0.717, 1.165) is 18.4 Å². The quantitative estimate of drug-likeness (QED) is 0.851. The average molecular weight is 274 g/mol.